The molecule has 0 aromatic heterocycles. The molecule has 8 heteroatoms. The number of hydrogen-bond acceptors (Lipinski definition) is 3. The van der Waals surface area contributed by atoms with Gasteiger partial charge in [-0.3, -0.25) is 20.4 Å². The zero-order chi connectivity index (χ0) is 16.4. The van der Waals surface area contributed by atoms with Crippen LogP contribution in [0.1, 0.15) is 36.0 Å². The van der Waals surface area contributed by atoms with E-state index in [4.69, 9.17) is 5.73 Å². The maximum Gasteiger partial charge on any atom is 0.312 e. The van der Waals surface area contributed by atoms with Gasteiger partial charge in [0.15, 0.2) is 0 Å². The smallest absolute Gasteiger partial charge is 0.312 e. The minimum absolute atomic E-state index is 0.261. The highest BCUT2D eigenvalue weighted by molar-refractivity contribution is 9.10. The van der Waals surface area contributed by atoms with Crippen LogP contribution >= 0.6 is 15.9 Å². The number of carbonyl (C=O) groups excluding carboxylic acids is 3. The second-order valence-corrected chi connectivity index (χ2v) is 5.44. The molecule has 4 amide bonds. The summed E-state index contributed by atoms with van der Waals surface area (Å²) in [6.07, 6.45) is 2.50. The fourth-order valence-electron chi connectivity index (χ4n) is 1.70. The number of carbonyl (C=O) groups is 3. The van der Waals surface area contributed by atoms with E-state index in [1.165, 1.54) is 0 Å². The van der Waals surface area contributed by atoms with Crippen molar-refractivity contribution >= 4 is 33.8 Å². The Morgan fingerprint density at radius 2 is 1.77 bits per heavy atom. The molecule has 0 unspecified atom stereocenters. The Kier molecular flexibility index (Phi) is 7.98. The van der Waals surface area contributed by atoms with E-state index in [0.717, 1.165) is 12.8 Å². The number of benzene rings is 1. The lowest BCUT2D eigenvalue weighted by Gasteiger charge is -2.08. The fourth-order valence-corrected chi connectivity index (χ4v) is 2.17. The lowest BCUT2D eigenvalue weighted by molar-refractivity contribution is -0.122. The van der Waals surface area contributed by atoms with Gasteiger partial charge < -0.3 is 11.1 Å². The van der Waals surface area contributed by atoms with E-state index in [1.807, 2.05) is 0 Å². The van der Waals surface area contributed by atoms with Crippen LogP contribution in [0.15, 0.2) is 28.7 Å². The summed E-state index contributed by atoms with van der Waals surface area (Å²) < 4.78 is 0.656. The van der Waals surface area contributed by atoms with Crippen molar-refractivity contribution < 1.29 is 14.4 Å². The normalized spacial score (nSPS) is 9.86. The minimum Gasteiger partial charge on any atom is -0.352 e. The monoisotopic (exact) mass is 370 g/mol. The zero-order valence-corrected chi connectivity index (χ0v) is 13.6. The van der Waals surface area contributed by atoms with E-state index in [-0.39, 0.29) is 11.8 Å². The molecule has 1 rings (SSSR count). The predicted molar refractivity (Wildman–Crippen MR) is 85.8 cm³/mol. The van der Waals surface area contributed by atoms with E-state index in [0.29, 0.717) is 29.4 Å². The first kappa shape index (κ1) is 18.0. The molecule has 0 saturated heterocycles. The molecular formula is C14H19BrN4O3. The molecule has 1 aromatic rings. The number of halogens is 1. The van der Waals surface area contributed by atoms with E-state index in [1.54, 1.807) is 24.3 Å². The summed E-state index contributed by atoms with van der Waals surface area (Å²) in [5, 5.41) is 2.47. The van der Waals surface area contributed by atoms with Crippen LogP contribution in [-0.2, 0) is 4.79 Å². The first-order chi connectivity index (χ1) is 10.5. The number of amides is 4. The average Bonchev–Trinajstić information content (AvgIpc) is 2.48. The Hall–Kier alpha value is -2.09. The molecule has 120 valence electrons. The van der Waals surface area contributed by atoms with E-state index in [2.05, 4.69) is 32.1 Å². The number of nitrogens with two attached hydrogens (primary N) is 1. The number of unbranched alkanes of at least 4 members (excludes halogenated alkanes) is 2. The molecule has 0 aliphatic rings. The van der Waals surface area contributed by atoms with Crippen LogP contribution in [0.25, 0.3) is 0 Å². The summed E-state index contributed by atoms with van der Waals surface area (Å²) in [7, 11) is 0. The molecular weight excluding hydrogens is 352 g/mol. The van der Waals surface area contributed by atoms with Gasteiger partial charge in [-0.2, -0.15) is 0 Å². The molecule has 7 nitrogen and oxygen atoms in total. The summed E-state index contributed by atoms with van der Waals surface area (Å²) >= 11 is 3.27. The lowest BCUT2D eigenvalue weighted by atomic mass is 10.2. The number of hydrogen-bond donors (Lipinski definition) is 4. The summed E-state index contributed by atoms with van der Waals surface area (Å²) in [5.74, 6) is -0.644. The highest BCUT2D eigenvalue weighted by atomic mass is 79.9. The number of hydrazine groups is 1. The second kappa shape index (κ2) is 9.78. The number of rotatable bonds is 7. The molecule has 0 aliphatic carbocycles. The Labute approximate surface area is 137 Å². The number of urea groups is 1. The summed E-state index contributed by atoms with van der Waals surface area (Å²) in [6, 6.07) is 6.38. The molecule has 5 N–H and O–H groups in total. The standard InChI is InChI=1S/C14H19BrN4O3/c15-11-7-4-3-6-10(11)13(21)19-18-12(20)8-2-1-5-9-17-14(16)22/h3-4,6-7H,1-2,5,8-9H2,(H,18,20)(H,19,21)(H3,16,17,22). The lowest BCUT2D eigenvalue weighted by Crippen LogP contribution is -2.41. The van der Waals surface area contributed by atoms with Crippen molar-refractivity contribution in [2.24, 2.45) is 5.73 Å². The third-order valence-electron chi connectivity index (χ3n) is 2.81. The van der Waals surface area contributed by atoms with Crippen molar-refractivity contribution in [2.45, 2.75) is 25.7 Å². The molecule has 0 fully saturated rings. The van der Waals surface area contributed by atoms with Crippen LogP contribution in [0.5, 0.6) is 0 Å². The molecule has 0 atom stereocenters. The highest BCUT2D eigenvalue weighted by Crippen LogP contribution is 2.15. The van der Waals surface area contributed by atoms with Crippen molar-refractivity contribution in [2.75, 3.05) is 6.54 Å². The van der Waals surface area contributed by atoms with E-state index >= 15 is 0 Å². The predicted octanol–water partition coefficient (Wildman–Crippen LogP) is 1.44. The third kappa shape index (κ3) is 7.07. The summed E-state index contributed by atoms with van der Waals surface area (Å²) in [4.78, 5) is 33.9. The SMILES string of the molecule is NC(=O)NCCCCCC(=O)NNC(=O)c1ccccc1Br. The van der Waals surface area contributed by atoms with Crippen LogP contribution in [0.3, 0.4) is 0 Å². The van der Waals surface area contributed by atoms with Crippen LogP contribution in [0.4, 0.5) is 4.79 Å². The quantitative estimate of drug-likeness (QED) is 0.430. The number of nitrogens with one attached hydrogen (secondary N) is 3. The van der Waals surface area contributed by atoms with Crippen LogP contribution in [-0.4, -0.2) is 24.4 Å². The highest BCUT2D eigenvalue weighted by Gasteiger charge is 2.09. The fraction of sp³-hybridized carbons (Fsp3) is 0.357. The van der Waals surface area contributed by atoms with Gasteiger partial charge in [-0.25, -0.2) is 4.79 Å². The Morgan fingerprint density at radius 3 is 2.45 bits per heavy atom. The van der Waals surface area contributed by atoms with Gasteiger partial charge in [0.1, 0.15) is 0 Å². The van der Waals surface area contributed by atoms with Gasteiger partial charge in [-0.05, 0) is 40.9 Å². The van der Waals surface area contributed by atoms with Crippen LogP contribution in [0.2, 0.25) is 0 Å². The van der Waals surface area contributed by atoms with E-state index in [9.17, 15) is 14.4 Å². The maximum absolute atomic E-state index is 11.8. The Balaban J connectivity index is 2.17. The van der Waals surface area contributed by atoms with Gasteiger partial charge in [-0.15, -0.1) is 0 Å². The molecule has 0 spiro atoms. The molecule has 22 heavy (non-hydrogen) atoms. The summed E-state index contributed by atoms with van der Waals surface area (Å²) in [5.41, 5.74) is 10.1. The van der Waals surface area contributed by atoms with Crippen molar-refractivity contribution in [1.82, 2.24) is 16.2 Å². The molecule has 0 heterocycles. The first-order valence-corrected chi connectivity index (χ1v) is 7.67. The van der Waals surface area contributed by atoms with Gasteiger partial charge in [0.2, 0.25) is 5.91 Å². The average molecular weight is 371 g/mol. The van der Waals surface area contributed by atoms with Crippen molar-refractivity contribution in [1.29, 1.82) is 0 Å². The van der Waals surface area contributed by atoms with Gasteiger partial charge >= 0.3 is 6.03 Å². The van der Waals surface area contributed by atoms with Gasteiger partial charge in [0.05, 0.1) is 5.56 Å². The third-order valence-corrected chi connectivity index (χ3v) is 3.51. The molecule has 0 aliphatic heterocycles. The molecule has 0 bridgehead atoms. The van der Waals surface area contributed by atoms with Gasteiger partial charge in [0, 0.05) is 17.4 Å². The van der Waals surface area contributed by atoms with Gasteiger partial charge in [-0.1, -0.05) is 18.6 Å². The first-order valence-electron chi connectivity index (χ1n) is 6.87. The molecule has 0 saturated carbocycles. The van der Waals surface area contributed by atoms with Gasteiger partial charge in [0.25, 0.3) is 5.91 Å². The largest absolute Gasteiger partial charge is 0.352 e. The molecule has 1 aromatic carbocycles. The number of primary amides is 1. The van der Waals surface area contributed by atoms with Crippen molar-refractivity contribution in [3.05, 3.63) is 34.3 Å². The Morgan fingerprint density at radius 1 is 1.05 bits per heavy atom. The molecule has 0 radical (unpaired) electrons. The second-order valence-electron chi connectivity index (χ2n) is 4.58. The topological polar surface area (TPSA) is 113 Å². The minimum atomic E-state index is -0.549. The van der Waals surface area contributed by atoms with E-state index < -0.39 is 6.03 Å². The van der Waals surface area contributed by atoms with Crippen molar-refractivity contribution in [3.63, 3.8) is 0 Å². The maximum atomic E-state index is 11.8. The Bertz CT molecular complexity index is 537. The zero-order valence-electron chi connectivity index (χ0n) is 12.0. The van der Waals surface area contributed by atoms with Crippen LogP contribution < -0.4 is 21.9 Å². The van der Waals surface area contributed by atoms with Crippen LogP contribution in [0, 0.1) is 0 Å². The van der Waals surface area contributed by atoms with Crippen molar-refractivity contribution in [3.8, 4) is 0 Å². The summed E-state index contributed by atoms with van der Waals surface area (Å²) in [6.45, 7) is 0.496.